The van der Waals surface area contributed by atoms with Crippen LogP contribution in [0.3, 0.4) is 0 Å². The number of hydrogen-bond acceptors (Lipinski definition) is 3. The van der Waals surface area contributed by atoms with Crippen LogP contribution in [0.1, 0.15) is 0 Å². The number of esters is 1. The van der Waals surface area contributed by atoms with Gasteiger partial charge < -0.3 is 4.74 Å². The van der Waals surface area contributed by atoms with E-state index in [1.54, 1.807) is 0 Å². The first-order valence-electron chi connectivity index (χ1n) is 1.85. The van der Waals surface area contributed by atoms with Crippen molar-refractivity contribution in [1.82, 2.24) is 0 Å². The maximum absolute atomic E-state index is 9.59. The van der Waals surface area contributed by atoms with Gasteiger partial charge in [0.25, 0.3) is 0 Å². The van der Waals surface area contributed by atoms with E-state index in [2.05, 4.69) is 64.7 Å². The number of methoxy groups -OCH3 is 1. The summed E-state index contributed by atoms with van der Waals surface area (Å²) in [5.74, 6) is -0.838. The van der Waals surface area contributed by atoms with Crippen LogP contribution in [-0.2, 0) is 19.2 Å². The SMILES string of the molecule is COC(=O)C=O.[I][V]([I])[I]. The van der Waals surface area contributed by atoms with Crippen LogP contribution in [0.25, 0.3) is 0 Å². The van der Waals surface area contributed by atoms with Crippen molar-refractivity contribution in [2.75, 3.05) is 7.11 Å². The van der Waals surface area contributed by atoms with Gasteiger partial charge in [-0.05, 0) is 0 Å². The topological polar surface area (TPSA) is 43.4 Å². The van der Waals surface area contributed by atoms with Gasteiger partial charge in [0.15, 0.2) is 0 Å². The standard InChI is InChI=1S/C3H4O3.3HI.V/c1-6-3(5)2-4;;;;/h2H,1H3;3*1H;/q;;;;+3/p-3. The number of carbonyl (C=O) groups excluding carboxylic acids is 2. The average molecular weight is 520 g/mol. The number of hydrogen-bond donors (Lipinski definition) is 0. The molecule has 0 saturated carbocycles. The van der Waals surface area contributed by atoms with E-state index in [1.807, 2.05) is 0 Å². The van der Waals surface area contributed by atoms with Gasteiger partial charge in [-0.2, -0.15) is 0 Å². The zero-order valence-electron chi connectivity index (χ0n) is 4.88. The van der Waals surface area contributed by atoms with E-state index in [0.717, 1.165) is 7.11 Å². The minimum absolute atomic E-state index is 0.111. The second kappa shape index (κ2) is 10.9. The van der Waals surface area contributed by atoms with Gasteiger partial charge in [0.05, 0.1) is 7.11 Å². The summed E-state index contributed by atoms with van der Waals surface area (Å²) in [6.45, 7) is 0. The summed E-state index contributed by atoms with van der Waals surface area (Å²) in [5.41, 5.74) is 0. The van der Waals surface area contributed by atoms with E-state index >= 15 is 0 Å². The normalized spacial score (nSPS) is 7.70. The van der Waals surface area contributed by atoms with Gasteiger partial charge in [0, 0.05) is 0 Å². The molecule has 0 aliphatic heterocycles. The van der Waals surface area contributed by atoms with E-state index in [-0.39, 0.29) is 11.2 Å². The van der Waals surface area contributed by atoms with Gasteiger partial charge in [0.2, 0.25) is 6.29 Å². The van der Waals surface area contributed by atoms with Gasteiger partial charge in [0.1, 0.15) is 0 Å². The molecule has 0 heterocycles. The van der Waals surface area contributed by atoms with Crippen molar-refractivity contribution in [3.63, 3.8) is 0 Å². The maximum atomic E-state index is 9.59. The minimum atomic E-state index is -0.838. The molecule has 0 aromatic heterocycles. The van der Waals surface area contributed by atoms with E-state index < -0.39 is 5.97 Å². The molecule has 0 atom stereocenters. The molecule has 60 valence electrons. The fraction of sp³-hybridized carbons (Fsp3) is 0.333. The molecule has 0 amide bonds. The predicted molar refractivity (Wildman–Crippen MR) is 60.1 cm³/mol. The molecule has 0 N–H and O–H groups in total. The van der Waals surface area contributed by atoms with E-state index in [9.17, 15) is 9.59 Å². The van der Waals surface area contributed by atoms with Gasteiger partial charge in [-0.3, -0.25) is 4.79 Å². The summed E-state index contributed by atoms with van der Waals surface area (Å²) in [6, 6.07) is 0. The molecule has 3 nitrogen and oxygen atoms in total. The van der Waals surface area contributed by atoms with Crippen LogP contribution >= 0.6 is 59.9 Å². The Morgan fingerprint density at radius 1 is 1.50 bits per heavy atom. The molecule has 10 heavy (non-hydrogen) atoms. The molecular formula is C3H4I3O3V. The number of aldehydes is 1. The zero-order valence-corrected chi connectivity index (χ0v) is 12.8. The molecule has 0 unspecified atom stereocenters. The van der Waals surface area contributed by atoms with Crippen molar-refractivity contribution in [3.05, 3.63) is 0 Å². The van der Waals surface area contributed by atoms with Crippen LogP contribution in [0, 0.1) is 0 Å². The van der Waals surface area contributed by atoms with Gasteiger partial charge in [-0.25, -0.2) is 4.79 Å². The van der Waals surface area contributed by atoms with Crippen molar-refractivity contribution in [2.24, 2.45) is 0 Å². The quantitative estimate of drug-likeness (QED) is 0.231. The number of rotatable bonds is 1. The van der Waals surface area contributed by atoms with Crippen LogP contribution in [0.5, 0.6) is 0 Å². The third kappa shape index (κ3) is 22.5. The molecule has 0 rings (SSSR count). The fourth-order valence-corrected chi connectivity index (χ4v) is 0.0481. The Bertz CT molecular complexity index is 104. The second-order valence-electron chi connectivity index (χ2n) is 0.833. The van der Waals surface area contributed by atoms with Crippen molar-refractivity contribution in [1.29, 1.82) is 0 Å². The summed E-state index contributed by atoms with van der Waals surface area (Å²) >= 11 is 7.39. The Hall–Kier alpha value is 1.91. The van der Waals surface area contributed by atoms with E-state index in [0.29, 0.717) is 0 Å². The Labute approximate surface area is 96.7 Å². The summed E-state index contributed by atoms with van der Waals surface area (Å²) in [6.07, 6.45) is 0.111. The van der Waals surface area contributed by atoms with Crippen molar-refractivity contribution in [3.8, 4) is 0 Å². The first kappa shape index (κ1) is 14.4. The molecule has 0 aliphatic rings. The second-order valence-corrected chi connectivity index (χ2v) is 36.2. The van der Waals surface area contributed by atoms with Gasteiger partial charge in [-0.1, -0.05) is 0 Å². The molecule has 0 aromatic rings. The van der Waals surface area contributed by atoms with Crippen LogP contribution in [0.15, 0.2) is 0 Å². The number of halogens is 3. The summed E-state index contributed by atoms with van der Waals surface area (Å²) in [7, 11) is 1.15. The molecule has 0 saturated heterocycles. The number of ether oxygens (including phenoxy) is 1. The molecule has 7 heteroatoms. The summed E-state index contributed by atoms with van der Waals surface area (Å²) < 4.78 is 3.89. The monoisotopic (exact) mass is 520 g/mol. The first-order chi connectivity index (χ1) is 4.54. The molecule has 0 aliphatic carbocycles. The Morgan fingerprint density at radius 3 is 1.80 bits per heavy atom. The van der Waals surface area contributed by atoms with Crippen LogP contribution in [0.2, 0.25) is 0 Å². The van der Waals surface area contributed by atoms with Crippen LogP contribution < -0.4 is 0 Å². The molecular weight excluding hydrogens is 516 g/mol. The van der Waals surface area contributed by atoms with Gasteiger partial charge in [-0.15, -0.1) is 0 Å². The Balaban J connectivity index is 0. The molecule has 0 fully saturated rings. The predicted octanol–water partition coefficient (Wildman–Crippen LogP) is 2.01. The van der Waals surface area contributed by atoms with Gasteiger partial charge >= 0.3 is 70.8 Å². The van der Waals surface area contributed by atoms with Crippen molar-refractivity contribution >= 4 is 72.2 Å². The summed E-state index contributed by atoms with van der Waals surface area (Å²) in [4.78, 5) is 18.6. The molecule has 0 spiro atoms. The number of carbonyl (C=O) groups is 2. The van der Waals surface area contributed by atoms with E-state index in [4.69, 9.17) is 0 Å². The molecule has 0 aromatic carbocycles. The zero-order chi connectivity index (χ0) is 8.57. The molecule has 0 radical (unpaired) electrons. The fourth-order valence-electron chi connectivity index (χ4n) is 0.0481. The first-order valence-corrected chi connectivity index (χ1v) is 15.4. The van der Waals surface area contributed by atoms with Crippen LogP contribution in [-0.4, -0.2) is 19.4 Å². The van der Waals surface area contributed by atoms with Crippen molar-refractivity contribution in [2.45, 2.75) is 0 Å². The van der Waals surface area contributed by atoms with E-state index in [1.165, 1.54) is 0 Å². The Kier molecular flexibility index (Phi) is 15.8. The third-order valence-electron chi connectivity index (χ3n) is 0.297. The molecule has 0 bridgehead atoms. The average Bonchev–Trinajstić information content (AvgIpc) is 1.85. The van der Waals surface area contributed by atoms with Crippen LogP contribution in [0.4, 0.5) is 0 Å². The summed E-state index contributed by atoms with van der Waals surface area (Å²) in [5, 5.41) is 0. The Morgan fingerprint density at radius 2 is 1.80 bits per heavy atom. The third-order valence-corrected chi connectivity index (χ3v) is 0.297. The van der Waals surface area contributed by atoms with Crippen molar-refractivity contribution < 1.29 is 19.2 Å².